The van der Waals surface area contributed by atoms with Crippen molar-refractivity contribution in [2.45, 2.75) is 46.2 Å². The number of aromatic nitrogens is 2. The molecule has 4 nitrogen and oxygen atoms in total. The van der Waals surface area contributed by atoms with E-state index in [2.05, 4.69) is 59.4 Å². The first kappa shape index (κ1) is 15.2. The first-order chi connectivity index (χ1) is 9.65. The summed E-state index contributed by atoms with van der Waals surface area (Å²) in [6.45, 7) is 8.26. The van der Waals surface area contributed by atoms with Crippen LogP contribution >= 0.6 is 11.3 Å². The number of nitrogens with zero attached hydrogens (tertiary/aromatic N) is 3. The van der Waals surface area contributed by atoms with E-state index in [0.717, 1.165) is 34.9 Å². The van der Waals surface area contributed by atoms with Crippen molar-refractivity contribution >= 4 is 27.4 Å². The van der Waals surface area contributed by atoms with Crippen LogP contribution in [0.25, 0.3) is 10.2 Å². The molecule has 0 aliphatic heterocycles. The summed E-state index contributed by atoms with van der Waals surface area (Å²) in [5.41, 5.74) is 0. The van der Waals surface area contributed by atoms with E-state index < -0.39 is 0 Å². The smallest absolute Gasteiger partial charge is 0.146 e. The van der Waals surface area contributed by atoms with E-state index in [1.807, 2.05) is 0 Å². The number of fused-ring (bicyclic) bond motifs is 1. The highest BCUT2D eigenvalue weighted by atomic mass is 32.1. The van der Waals surface area contributed by atoms with Crippen LogP contribution in [0, 0.1) is 0 Å². The summed E-state index contributed by atoms with van der Waals surface area (Å²) in [6.07, 6.45) is 2.41. The van der Waals surface area contributed by atoms with Crippen molar-refractivity contribution in [3.8, 4) is 0 Å². The third-order valence-corrected chi connectivity index (χ3v) is 4.37. The summed E-state index contributed by atoms with van der Waals surface area (Å²) in [5, 5.41) is 6.55. The van der Waals surface area contributed by atoms with Gasteiger partial charge in [0.25, 0.3) is 0 Å². The maximum Gasteiger partial charge on any atom is 0.146 e. The Morgan fingerprint density at radius 3 is 2.85 bits per heavy atom. The quantitative estimate of drug-likeness (QED) is 0.844. The molecule has 0 spiro atoms. The molecule has 0 fully saturated rings. The van der Waals surface area contributed by atoms with Crippen LogP contribution in [0.5, 0.6) is 0 Å². The van der Waals surface area contributed by atoms with Gasteiger partial charge in [0.2, 0.25) is 0 Å². The Hall–Kier alpha value is -1.20. The van der Waals surface area contributed by atoms with E-state index in [4.69, 9.17) is 0 Å². The summed E-state index contributed by atoms with van der Waals surface area (Å²) in [4.78, 5) is 12.8. The van der Waals surface area contributed by atoms with Crippen molar-refractivity contribution in [2.24, 2.45) is 0 Å². The van der Waals surface area contributed by atoms with Gasteiger partial charge in [-0.3, -0.25) is 4.90 Å². The molecule has 20 heavy (non-hydrogen) atoms. The zero-order chi connectivity index (χ0) is 14.5. The molecule has 0 radical (unpaired) electrons. The summed E-state index contributed by atoms with van der Waals surface area (Å²) in [5.74, 6) is 1.87. The van der Waals surface area contributed by atoms with E-state index in [-0.39, 0.29) is 0 Å². The highest BCUT2D eigenvalue weighted by molar-refractivity contribution is 7.16. The number of thiophene rings is 1. The molecule has 0 amide bonds. The van der Waals surface area contributed by atoms with Gasteiger partial charge in [0.05, 0.1) is 11.9 Å². The van der Waals surface area contributed by atoms with Gasteiger partial charge in [-0.05, 0) is 38.8 Å². The summed E-state index contributed by atoms with van der Waals surface area (Å²) < 4.78 is 0. The maximum atomic E-state index is 4.69. The van der Waals surface area contributed by atoms with E-state index in [1.165, 1.54) is 12.8 Å². The van der Waals surface area contributed by atoms with E-state index >= 15 is 0 Å². The van der Waals surface area contributed by atoms with Crippen LogP contribution < -0.4 is 5.32 Å². The molecule has 2 heterocycles. The molecule has 5 heteroatoms. The second-order valence-corrected chi connectivity index (χ2v) is 6.11. The van der Waals surface area contributed by atoms with Gasteiger partial charge in [-0.2, -0.15) is 0 Å². The van der Waals surface area contributed by atoms with Gasteiger partial charge in [-0.25, -0.2) is 9.97 Å². The van der Waals surface area contributed by atoms with Gasteiger partial charge in [0, 0.05) is 12.6 Å². The van der Waals surface area contributed by atoms with Crippen LogP contribution in [0.4, 0.5) is 5.82 Å². The Balaban J connectivity index is 2.21. The molecule has 1 atom stereocenters. The normalized spacial score (nSPS) is 13.1. The molecule has 1 unspecified atom stereocenters. The molecular weight excluding hydrogens is 268 g/mol. The minimum absolute atomic E-state index is 0.560. The maximum absolute atomic E-state index is 4.69. The molecule has 2 aromatic rings. The number of rotatable bonds is 7. The van der Waals surface area contributed by atoms with Gasteiger partial charge in [-0.1, -0.05) is 13.3 Å². The fourth-order valence-electron chi connectivity index (χ4n) is 2.29. The number of hydrogen-bond donors (Lipinski definition) is 1. The molecule has 2 aromatic heterocycles. The van der Waals surface area contributed by atoms with Gasteiger partial charge in [0.1, 0.15) is 16.5 Å². The van der Waals surface area contributed by atoms with Crippen LogP contribution in [0.1, 0.15) is 39.4 Å². The SMILES string of the molecule is CCCC(C)N(C)Cc1nc(NCC)c2ccsc2n1. The fraction of sp³-hybridized carbons (Fsp3) is 0.600. The molecule has 110 valence electrons. The van der Waals surface area contributed by atoms with Crippen molar-refractivity contribution in [2.75, 3.05) is 18.9 Å². The van der Waals surface area contributed by atoms with Gasteiger partial charge >= 0.3 is 0 Å². The molecular formula is C15H24N4S. The zero-order valence-corrected chi connectivity index (χ0v) is 13.6. The second kappa shape index (κ2) is 6.99. The van der Waals surface area contributed by atoms with E-state index in [0.29, 0.717) is 6.04 Å². The lowest BCUT2D eigenvalue weighted by atomic mass is 10.2. The van der Waals surface area contributed by atoms with Crippen LogP contribution in [0.2, 0.25) is 0 Å². The molecule has 0 aliphatic carbocycles. The third-order valence-electron chi connectivity index (χ3n) is 3.57. The lowest BCUT2D eigenvalue weighted by molar-refractivity contribution is 0.231. The van der Waals surface area contributed by atoms with E-state index in [1.54, 1.807) is 11.3 Å². The Kier molecular flexibility index (Phi) is 5.31. The van der Waals surface area contributed by atoms with Crippen LogP contribution in [-0.4, -0.2) is 34.5 Å². The van der Waals surface area contributed by atoms with Crippen molar-refractivity contribution in [1.29, 1.82) is 0 Å². The Labute approximate surface area is 125 Å². The molecule has 0 saturated carbocycles. The third kappa shape index (κ3) is 3.46. The number of hydrogen-bond acceptors (Lipinski definition) is 5. The summed E-state index contributed by atoms with van der Waals surface area (Å²) >= 11 is 1.68. The van der Waals surface area contributed by atoms with Gasteiger partial charge in [-0.15, -0.1) is 11.3 Å². The van der Waals surface area contributed by atoms with Gasteiger partial charge in [0.15, 0.2) is 0 Å². The molecule has 1 N–H and O–H groups in total. The predicted octanol–water partition coefficient (Wildman–Crippen LogP) is 3.74. The average molecular weight is 292 g/mol. The Morgan fingerprint density at radius 1 is 1.35 bits per heavy atom. The first-order valence-electron chi connectivity index (χ1n) is 7.33. The van der Waals surface area contributed by atoms with Crippen LogP contribution in [-0.2, 0) is 6.54 Å². The first-order valence-corrected chi connectivity index (χ1v) is 8.21. The standard InChI is InChI=1S/C15H24N4S/c1-5-7-11(3)19(4)10-13-17-14(16-6-2)12-8-9-20-15(12)18-13/h8-9,11H,5-7,10H2,1-4H3,(H,16,17,18). The van der Waals surface area contributed by atoms with Gasteiger partial charge < -0.3 is 5.32 Å². The molecule has 0 saturated heterocycles. The van der Waals surface area contributed by atoms with Crippen molar-refractivity contribution in [3.63, 3.8) is 0 Å². The van der Waals surface area contributed by atoms with Crippen LogP contribution in [0.3, 0.4) is 0 Å². The largest absolute Gasteiger partial charge is 0.370 e. The summed E-state index contributed by atoms with van der Waals surface area (Å²) in [7, 11) is 2.15. The molecule has 0 aromatic carbocycles. The lowest BCUT2D eigenvalue weighted by Crippen LogP contribution is -2.29. The topological polar surface area (TPSA) is 41.1 Å². The Bertz CT molecular complexity index is 552. The second-order valence-electron chi connectivity index (χ2n) is 5.21. The highest BCUT2D eigenvalue weighted by Gasteiger charge is 2.13. The van der Waals surface area contributed by atoms with Crippen molar-refractivity contribution < 1.29 is 0 Å². The Morgan fingerprint density at radius 2 is 2.15 bits per heavy atom. The van der Waals surface area contributed by atoms with Crippen molar-refractivity contribution in [1.82, 2.24) is 14.9 Å². The van der Waals surface area contributed by atoms with E-state index in [9.17, 15) is 0 Å². The predicted molar refractivity (Wildman–Crippen MR) is 87.4 cm³/mol. The highest BCUT2D eigenvalue weighted by Crippen LogP contribution is 2.25. The molecule has 2 rings (SSSR count). The number of anilines is 1. The van der Waals surface area contributed by atoms with Crippen molar-refractivity contribution in [3.05, 3.63) is 17.3 Å². The molecule has 0 bridgehead atoms. The molecule has 0 aliphatic rings. The minimum Gasteiger partial charge on any atom is -0.370 e. The minimum atomic E-state index is 0.560. The lowest BCUT2D eigenvalue weighted by Gasteiger charge is -2.23. The zero-order valence-electron chi connectivity index (χ0n) is 12.8. The summed E-state index contributed by atoms with van der Waals surface area (Å²) in [6, 6.07) is 2.65. The van der Waals surface area contributed by atoms with Crippen LogP contribution in [0.15, 0.2) is 11.4 Å². The fourth-order valence-corrected chi connectivity index (χ4v) is 3.07. The monoisotopic (exact) mass is 292 g/mol. The number of nitrogens with one attached hydrogen (secondary N) is 1. The average Bonchev–Trinajstić information content (AvgIpc) is 2.87.